The van der Waals surface area contributed by atoms with Crippen LogP contribution >= 0.6 is 0 Å². The number of methoxy groups -OCH3 is 1. The lowest BCUT2D eigenvalue weighted by atomic mass is 10.2. The number of hydrogen-bond donors (Lipinski definition) is 1. The van der Waals surface area contributed by atoms with Crippen LogP contribution in [0.5, 0.6) is 5.75 Å². The number of carbonyl (C=O) groups is 1. The summed E-state index contributed by atoms with van der Waals surface area (Å²) in [7, 11) is 1.64. The zero-order valence-electron chi connectivity index (χ0n) is 16.1. The van der Waals surface area contributed by atoms with Gasteiger partial charge in [-0.15, -0.1) is 0 Å². The zero-order valence-corrected chi connectivity index (χ0v) is 16.1. The number of amides is 1. The number of benzene rings is 2. The molecule has 6 nitrogen and oxygen atoms in total. The molecule has 0 bridgehead atoms. The maximum atomic E-state index is 12.7. The van der Waals surface area contributed by atoms with Crippen LogP contribution in [0.1, 0.15) is 28.5 Å². The van der Waals surface area contributed by atoms with Crippen LogP contribution in [0.2, 0.25) is 0 Å². The first kappa shape index (κ1) is 19.4. The molecule has 0 spiro atoms. The summed E-state index contributed by atoms with van der Waals surface area (Å²) in [6.45, 7) is 3.72. The average Bonchev–Trinajstić information content (AvgIpc) is 2.77. The molecule has 1 heterocycles. The van der Waals surface area contributed by atoms with E-state index in [9.17, 15) is 4.79 Å². The zero-order chi connectivity index (χ0) is 19.8. The number of hydrogen-bond acceptors (Lipinski definition) is 5. The van der Waals surface area contributed by atoms with E-state index in [1.807, 2.05) is 61.5 Å². The highest BCUT2D eigenvalue weighted by Gasteiger charge is 2.16. The standard InChI is InChI=1S/C22H24N4O2/c1-3-26(16-18-7-5-4-6-8-18)22(27)20-14-25-21(15-23-20)24-13-17-9-11-19(28-2)12-10-17/h4-12,14-15H,3,13,16H2,1-2H3,(H,24,25). The number of aromatic nitrogens is 2. The molecule has 0 aliphatic carbocycles. The van der Waals surface area contributed by atoms with Crippen LogP contribution in [0, 0.1) is 0 Å². The predicted octanol–water partition coefficient (Wildman–Crippen LogP) is 3.76. The van der Waals surface area contributed by atoms with Crippen molar-refractivity contribution in [3.05, 3.63) is 83.8 Å². The number of nitrogens with one attached hydrogen (secondary N) is 1. The number of carbonyl (C=O) groups excluding carboxylic acids is 1. The molecule has 0 fully saturated rings. The third kappa shape index (κ3) is 5.07. The molecular formula is C22H24N4O2. The molecule has 0 atom stereocenters. The first-order valence-corrected chi connectivity index (χ1v) is 9.21. The average molecular weight is 376 g/mol. The summed E-state index contributed by atoms with van der Waals surface area (Å²) < 4.78 is 5.15. The highest BCUT2D eigenvalue weighted by atomic mass is 16.5. The molecule has 0 aliphatic heterocycles. The lowest BCUT2D eigenvalue weighted by molar-refractivity contribution is 0.0746. The molecule has 1 aromatic heterocycles. The fourth-order valence-corrected chi connectivity index (χ4v) is 2.76. The Morgan fingerprint density at radius 3 is 2.36 bits per heavy atom. The van der Waals surface area contributed by atoms with Crippen LogP contribution in [-0.4, -0.2) is 34.4 Å². The van der Waals surface area contributed by atoms with Crippen molar-refractivity contribution in [2.45, 2.75) is 20.0 Å². The lowest BCUT2D eigenvalue weighted by Gasteiger charge is -2.20. The van der Waals surface area contributed by atoms with E-state index in [-0.39, 0.29) is 5.91 Å². The number of nitrogens with zero attached hydrogens (tertiary/aromatic N) is 3. The van der Waals surface area contributed by atoms with Gasteiger partial charge in [0.1, 0.15) is 17.3 Å². The summed E-state index contributed by atoms with van der Waals surface area (Å²) in [5.74, 6) is 1.32. The molecule has 1 amide bonds. The fraction of sp³-hybridized carbons (Fsp3) is 0.227. The Kier molecular flexibility index (Phi) is 6.57. The van der Waals surface area contributed by atoms with E-state index in [4.69, 9.17) is 4.74 Å². The van der Waals surface area contributed by atoms with Gasteiger partial charge in [0.25, 0.3) is 5.91 Å². The second kappa shape index (κ2) is 9.50. The van der Waals surface area contributed by atoms with Crippen molar-refractivity contribution >= 4 is 11.7 Å². The normalized spacial score (nSPS) is 10.4. The Balaban J connectivity index is 1.59. The van der Waals surface area contributed by atoms with E-state index in [0.717, 1.165) is 16.9 Å². The minimum absolute atomic E-state index is 0.124. The minimum Gasteiger partial charge on any atom is -0.497 e. The summed E-state index contributed by atoms with van der Waals surface area (Å²) >= 11 is 0. The second-order valence-corrected chi connectivity index (χ2v) is 6.29. The Morgan fingerprint density at radius 2 is 1.75 bits per heavy atom. The van der Waals surface area contributed by atoms with Gasteiger partial charge in [-0.25, -0.2) is 9.97 Å². The Bertz CT molecular complexity index is 881. The number of ether oxygens (including phenoxy) is 1. The van der Waals surface area contributed by atoms with Crippen LogP contribution in [0.4, 0.5) is 5.82 Å². The van der Waals surface area contributed by atoms with Gasteiger partial charge in [-0.05, 0) is 30.2 Å². The molecule has 6 heteroatoms. The van der Waals surface area contributed by atoms with Crippen LogP contribution in [0.25, 0.3) is 0 Å². The van der Waals surface area contributed by atoms with Crippen molar-refractivity contribution in [2.75, 3.05) is 19.0 Å². The maximum absolute atomic E-state index is 12.7. The number of anilines is 1. The molecule has 3 aromatic rings. The van der Waals surface area contributed by atoms with Crippen molar-refractivity contribution in [3.63, 3.8) is 0 Å². The lowest BCUT2D eigenvalue weighted by Crippen LogP contribution is -2.31. The summed E-state index contributed by atoms with van der Waals surface area (Å²) in [5.41, 5.74) is 2.53. The summed E-state index contributed by atoms with van der Waals surface area (Å²) in [6, 6.07) is 17.7. The van der Waals surface area contributed by atoms with Gasteiger partial charge in [0.15, 0.2) is 0 Å². The van der Waals surface area contributed by atoms with Crippen LogP contribution < -0.4 is 10.1 Å². The highest BCUT2D eigenvalue weighted by Crippen LogP contribution is 2.13. The smallest absolute Gasteiger partial charge is 0.274 e. The van der Waals surface area contributed by atoms with E-state index < -0.39 is 0 Å². The van der Waals surface area contributed by atoms with Gasteiger partial charge in [-0.3, -0.25) is 4.79 Å². The number of rotatable bonds is 8. The third-order valence-corrected chi connectivity index (χ3v) is 4.39. The molecule has 0 aliphatic rings. The summed E-state index contributed by atoms with van der Waals surface area (Å²) in [5, 5.41) is 3.21. The summed E-state index contributed by atoms with van der Waals surface area (Å²) in [6.07, 6.45) is 3.11. The molecule has 0 unspecified atom stereocenters. The van der Waals surface area contributed by atoms with Crippen molar-refractivity contribution in [1.29, 1.82) is 0 Å². The van der Waals surface area contributed by atoms with E-state index in [1.54, 1.807) is 18.2 Å². The van der Waals surface area contributed by atoms with Crippen LogP contribution in [0.15, 0.2) is 67.0 Å². The van der Waals surface area contributed by atoms with Crippen molar-refractivity contribution in [1.82, 2.24) is 14.9 Å². The van der Waals surface area contributed by atoms with E-state index in [2.05, 4.69) is 15.3 Å². The molecule has 1 N–H and O–H groups in total. The molecular weight excluding hydrogens is 352 g/mol. The van der Waals surface area contributed by atoms with Gasteiger partial charge in [0, 0.05) is 19.6 Å². The molecule has 0 saturated heterocycles. The molecule has 0 radical (unpaired) electrons. The van der Waals surface area contributed by atoms with Crippen molar-refractivity contribution in [3.8, 4) is 5.75 Å². The molecule has 144 valence electrons. The molecule has 28 heavy (non-hydrogen) atoms. The van der Waals surface area contributed by atoms with Crippen molar-refractivity contribution < 1.29 is 9.53 Å². The minimum atomic E-state index is -0.124. The summed E-state index contributed by atoms with van der Waals surface area (Å²) in [4.78, 5) is 23.1. The van der Waals surface area contributed by atoms with Gasteiger partial charge in [-0.1, -0.05) is 42.5 Å². The predicted molar refractivity (Wildman–Crippen MR) is 109 cm³/mol. The Labute approximate surface area is 165 Å². The SMILES string of the molecule is CCN(Cc1ccccc1)C(=O)c1cnc(NCc2ccc(OC)cc2)cn1. The van der Waals surface area contributed by atoms with E-state index >= 15 is 0 Å². The van der Waals surface area contributed by atoms with Gasteiger partial charge in [-0.2, -0.15) is 0 Å². The van der Waals surface area contributed by atoms with Crippen molar-refractivity contribution in [2.24, 2.45) is 0 Å². The largest absolute Gasteiger partial charge is 0.497 e. The van der Waals surface area contributed by atoms with Crippen LogP contribution in [0.3, 0.4) is 0 Å². The van der Waals surface area contributed by atoms with E-state index in [0.29, 0.717) is 31.1 Å². The Hall–Kier alpha value is -3.41. The van der Waals surface area contributed by atoms with Crippen LogP contribution in [-0.2, 0) is 13.1 Å². The molecule has 0 saturated carbocycles. The van der Waals surface area contributed by atoms with E-state index in [1.165, 1.54) is 6.20 Å². The molecule has 2 aromatic carbocycles. The topological polar surface area (TPSA) is 67.4 Å². The van der Waals surface area contributed by atoms with Gasteiger partial charge >= 0.3 is 0 Å². The maximum Gasteiger partial charge on any atom is 0.274 e. The quantitative estimate of drug-likeness (QED) is 0.648. The highest BCUT2D eigenvalue weighted by molar-refractivity contribution is 5.92. The second-order valence-electron chi connectivity index (χ2n) is 6.29. The first-order chi connectivity index (χ1) is 13.7. The molecule has 3 rings (SSSR count). The van der Waals surface area contributed by atoms with Gasteiger partial charge in [0.05, 0.1) is 19.5 Å². The third-order valence-electron chi connectivity index (χ3n) is 4.39. The Morgan fingerprint density at radius 1 is 1.00 bits per heavy atom. The first-order valence-electron chi connectivity index (χ1n) is 9.21. The fourth-order valence-electron chi connectivity index (χ4n) is 2.76. The van der Waals surface area contributed by atoms with Gasteiger partial charge in [0.2, 0.25) is 0 Å². The van der Waals surface area contributed by atoms with Gasteiger partial charge < -0.3 is 15.0 Å². The monoisotopic (exact) mass is 376 g/mol.